The lowest BCUT2D eigenvalue weighted by Gasteiger charge is -2.25. The molecule has 0 aliphatic carbocycles. The number of anilines is 1. The average molecular weight is 411 g/mol. The Bertz CT molecular complexity index is 885. The van der Waals surface area contributed by atoms with Gasteiger partial charge in [0.05, 0.1) is 11.2 Å². The summed E-state index contributed by atoms with van der Waals surface area (Å²) in [5.74, 6) is 0.693. The van der Waals surface area contributed by atoms with E-state index in [1.165, 1.54) is 11.3 Å². The van der Waals surface area contributed by atoms with Gasteiger partial charge in [-0.2, -0.15) is 0 Å². The topological polar surface area (TPSA) is 57.7 Å². The first-order valence-electron chi connectivity index (χ1n) is 9.44. The summed E-state index contributed by atoms with van der Waals surface area (Å²) in [5.41, 5.74) is 4.47. The van der Waals surface area contributed by atoms with Gasteiger partial charge in [-0.15, -0.1) is 11.3 Å². The first kappa shape index (κ1) is 20.8. The van der Waals surface area contributed by atoms with E-state index < -0.39 is 0 Å². The second-order valence-corrected chi connectivity index (χ2v) is 7.66. The van der Waals surface area contributed by atoms with Crippen molar-refractivity contribution in [1.82, 2.24) is 14.8 Å². The van der Waals surface area contributed by atoms with Crippen molar-refractivity contribution >= 4 is 23.1 Å². The van der Waals surface area contributed by atoms with Gasteiger partial charge < -0.3 is 19.9 Å². The summed E-state index contributed by atoms with van der Waals surface area (Å²) < 4.78 is 5.78. The molecule has 0 fully saturated rings. The molecule has 3 rings (SSSR count). The number of carbonyl (C=O) groups excluding carboxylic acids is 1. The molecule has 0 radical (unpaired) electrons. The monoisotopic (exact) mass is 410 g/mol. The molecule has 0 bridgehead atoms. The molecule has 1 aromatic heterocycles. The highest BCUT2D eigenvalue weighted by atomic mass is 32.1. The molecule has 2 amide bonds. The summed E-state index contributed by atoms with van der Waals surface area (Å²) in [6, 6.07) is 17.3. The maximum atomic E-state index is 12.9. The largest absolute Gasteiger partial charge is 0.487 e. The number of amides is 2. The fraction of sp³-hybridized carbons (Fsp3) is 0.273. The third-order valence-electron chi connectivity index (χ3n) is 4.28. The number of nitrogens with one attached hydrogen (secondary N) is 1. The summed E-state index contributed by atoms with van der Waals surface area (Å²) in [5, 5.41) is 4.95. The van der Waals surface area contributed by atoms with E-state index in [1.54, 1.807) is 5.51 Å². The van der Waals surface area contributed by atoms with Crippen LogP contribution in [0.3, 0.4) is 0 Å². The van der Waals surface area contributed by atoms with E-state index in [0.717, 1.165) is 17.8 Å². The predicted octanol–water partition coefficient (Wildman–Crippen LogP) is 4.32. The van der Waals surface area contributed by atoms with Crippen LogP contribution in [0.1, 0.15) is 11.3 Å². The van der Waals surface area contributed by atoms with E-state index in [1.807, 2.05) is 79.0 Å². The Hall–Kier alpha value is -2.90. The van der Waals surface area contributed by atoms with Crippen LogP contribution in [0.2, 0.25) is 0 Å². The first-order valence-corrected chi connectivity index (χ1v) is 10.4. The van der Waals surface area contributed by atoms with Crippen LogP contribution in [-0.2, 0) is 13.2 Å². The van der Waals surface area contributed by atoms with Gasteiger partial charge in [-0.1, -0.05) is 36.4 Å². The molecule has 3 aromatic rings. The van der Waals surface area contributed by atoms with Crippen molar-refractivity contribution in [2.45, 2.75) is 13.2 Å². The molecule has 0 atom stereocenters. The number of benzene rings is 2. The van der Waals surface area contributed by atoms with Crippen molar-refractivity contribution in [3.63, 3.8) is 0 Å². The van der Waals surface area contributed by atoms with Crippen LogP contribution >= 0.6 is 11.3 Å². The van der Waals surface area contributed by atoms with E-state index in [4.69, 9.17) is 4.74 Å². The van der Waals surface area contributed by atoms with Crippen LogP contribution in [0.25, 0.3) is 0 Å². The second kappa shape index (κ2) is 10.6. The van der Waals surface area contributed by atoms with E-state index in [2.05, 4.69) is 15.2 Å². The Balaban J connectivity index is 1.63. The van der Waals surface area contributed by atoms with Crippen LogP contribution in [-0.4, -0.2) is 48.0 Å². The van der Waals surface area contributed by atoms with Gasteiger partial charge in [0.1, 0.15) is 12.4 Å². The smallest absolute Gasteiger partial charge is 0.322 e. The van der Waals surface area contributed by atoms with Crippen molar-refractivity contribution in [3.05, 3.63) is 76.7 Å². The Morgan fingerprint density at radius 1 is 1.10 bits per heavy atom. The first-order chi connectivity index (χ1) is 14.1. The quantitative estimate of drug-likeness (QED) is 0.571. The summed E-state index contributed by atoms with van der Waals surface area (Å²) in [6.07, 6.45) is 0. The molecule has 1 heterocycles. The number of rotatable bonds is 9. The minimum absolute atomic E-state index is 0.132. The third kappa shape index (κ3) is 6.89. The molecule has 2 aromatic carbocycles. The number of aromatic nitrogens is 1. The zero-order valence-corrected chi connectivity index (χ0v) is 17.6. The van der Waals surface area contributed by atoms with Crippen LogP contribution in [0.4, 0.5) is 10.5 Å². The normalized spacial score (nSPS) is 10.7. The standard InChI is InChI=1S/C22H26N4O2S/c1-25(2)11-12-26(14-18-7-4-3-5-8-18)22(27)24-19-9-6-10-21(13-19)28-15-20-16-29-17-23-20/h3-10,13,16-17H,11-12,14-15H2,1-2H3,(H,24,27). The second-order valence-electron chi connectivity index (χ2n) is 6.94. The predicted molar refractivity (Wildman–Crippen MR) is 117 cm³/mol. The minimum atomic E-state index is -0.132. The number of urea groups is 1. The molecule has 0 saturated heterocycles. The van der Waals surface area contributed by atoms with Crippen LogP contribution in [0.5, 0.6) is 5.75 Å². The molecule has 6 nitrogen and oxygen atoms in total. The Kier molecular flexibility index (Phi) is 7.61. The number of hydrogen-bond donors (Lipinski definition) is 1. The summed E-state index contributed by atoms with van der Waals surface area (Å²) in [4.78, 5) is 21.0. The lowest BCUT2D eigenvalue weighted by molar-refractivity contribution is 0.202. The van der Waals surface area contributed by atoms with Gasteiger partial charge in [0.25, 0.3) is 0 Å². The number of hydrogen-bond acceptors (Lipinski definition) is 5. The van der Waals surface area contributed by atoms with Crippen molar-refractivity contribution in [2.24, 2.45) is 0 Å². The Morgan fingerprint density at radius 3 is 2.66 bits per heavy atom. The van der Waals surface area contributed by atoms with Crippen molar-refractivity contribution < 1.29 is 9.53 Å². The molecule has 152 valence electrons. The molecule has 1 N–H and O–H groups in total. The van der Waals surface area contributed by atoms with Crippen LogP contribution < -0.4 is 10.1 Å². The van der Waals surface area contributed by atoms with E-state index >= 15 is 0 Å². The van der Waals surface area contributed by atoms with Gasteiger partial charge in [0.2, 0.25) is 0 Å². The molecule has 0 aliphatic rings. The third-order valence-corrected chi connectivity index (χ3v) is 4.91. The highest BCUT2D eigenvalue weighted by Gasteiger charge is 2.15. The number of ether oxygens (including phenoxy) is 1. The van der Waals surface area contributed by atoms with Crippen molar-refractivity contribution in [2.75, 3.05) is 32.5 Å². The lowest BCUT2D eigenvalue weighted by Crippen LogP contribution is -2.39. The Morgan fingerprint density at radius 2 is 1.93 bits per heavy atom. The number of likely N-dealkylation sites (N-methyl/N-ethyl adjacent to an activating group) is 1. The van der Waals surface area contributed by atoms with E-state index in [9.17, 15) is 4.79 Å². The maximum Gasteiger partial charge on any atom is 0.322 e. The van der Waals surface area contributed by atoms with Crippen molar-refractivity contribution in [3.8, 4) is 5.75 Å². The van der Waals surface area contributed by atoms with E-state index in [-0.39, 0.29) is 6.03 Å². The fourth-order valence-corrected chi connectivity index (χ4v) is 3.25. The molecule has 0 unspecified atom stereocenters. The SMILES string of the molecule is CN(C)CCN(Cc1ccccc1)C(=O)Nc1cccc(OCc2cscn2)c1. The van der Waals surface area contributed by atoms with Gasteiger partial charge in [0.15, 0.2) is 0 Å². The number of thiazole rings is 1. The summed E-state index contributed by atoms with van der Waals surface area (Å²) in [6.45, 7) is 2.38. The summed E-state index contributed by atoms with van der Waals surface area (Å²) >= 11 is 1.54. The molecule has 7 heteroatoms. The van der Waals surface area contributed by atoms with E-state index in [0.29, 0.717) is 31.1 Å². The molecule has 0 spiro atoms. The van der Waals surface area contributed by atoms with Gasteiger partial charge in [-0.05, 0) is 31.8 Å². The molecule has 29 heavy (non-hydrogen) atoms. The minimum Gasteiger partial charge on any atom is -0.487 e. The zero-order valence-electron chi connectivity index (χ0n) is 16.7. The van der Waals surface area contributed by atoms with Gasteiger partial charge >= 0.3 is 6.03 Å². The highest BCUT2D eigenvalue weighted by Crippen LogP contribution is 2.19. The van der Waals surface area contributed by atoms with Crippen LogP contribution in [0, 0.1) is 0 Å². The maximum absolute atomic E-state index is 12.9. The molecule has 0 aliphatic heterocycles. The summed E-state index contributed by atoms with van der Waals surface area (Å²) in [7, 11) is 4.00. The average Bonchev–Trinajstić information content (AvgIpc) is 3.24. The Labute approximate surface area is 175 Å². The number of nitrogens with zero attached hydrogens (tertiary/aromatic N) is 3. The molecular formula is C22H26N4O2S. The molecule has 0 saturated carbocycles. The fourth-order valence-electron chi connectivity index (χ4n) is 2.71. The van der Waals surface area contributed by atoms with Crippen LogP contribution in [0.15, 0.2) is 65.5 Å². The van der Waals surface area contributed by atoms with Crippen molar-refractivity contribution in [1.29, 1.82) is 0 Å². The van der Waals surface area contributed by atoms with Gasteiger partial charge in [-0.3, -0.25) is 0 Å². The van der Waals surface area contributed by atoms with Gasteiger partial charge in [0, 0.05) is 36.8 Å². The van der Waals surface area contributed by atoms with Gasteiger partial charge in [-0.25, -0.2) is 9.78 Å². The lowest BCUT2D eigenvalue weighted by atomic mass is 10.2. The highest BCUT2D eigenvalue weighted by molar-refractivity contribution is 7.07. The molecular weight excluding hydrogens is 384 g/mol. The number of carbonyl (C=O) groups is 1. The zero-order chi connectivity index (χ0) is 20.5.